The average Bonchev–Trinajstić information content (AvgIpc) is 3.12. The largest absolute Gasteiger partial charge is 0.316 e. The Bertz CT molecular complexity index is 1000. The molecule has 3 aliphatic rings. The van der Waals surface area contributed by atoms with Crippen LogP contribution in [0.2, 0.25) is 0 Å². The van der Waals surface area contributed by atoms with Gasteiger partial charge in [0.1, 0.15) is 0 Å². The molecule has 3 fully saturated rings. The number of H-pyrrole nitrogens is 1. The van der Waals surface area contributed by atoms with E-state index < -0.39 is 11.1 Å². The number of aromatic nitrogens is 2. The summed E-state index contributed by atoms with van der Waals surface area (Å²) in [5.41, 5.74) is 0.665. The third-order valence-corrected chi connectivity index (χ3v) is 8.14. The fraction of sp³-hybridized carbons (Fsp3) is 0.680. The van der Waals surface area contributed by atoms with Gasteiger partial charge in [-0.15, -0.1) is 0 Å². The number of hydrogen-bond donors (Lipinski definition) is 1. The molecular formula is C25H35N3O2. The molecule has 1 N–H and O–H groups in total. The molecule has 5 rings (SSSR count). The summed E-state index contributed by atoms with van der Waals surface area (Å²) >= 11 is 0. The summed E-state index contributed by atoms with van der Waals surface area (Å²) in [5.74, 6) is 0.779. The minimum atomic E-state index is -0.509. The number of aromatic amines is 1. The predicted octanol–water partition coefficient (Wildman–Crippen LogP) is 4.61. The summed E-state index contributed by atoms with van der Waals surface area (Å²) in [7, 11) is 0. The lowest BCUT2D eigenvalue weighted by Gasteiger charge is -2.57. The molecule has 1 unspecified atom stereocenters. The number of hydrogen-bond acceptors (Lipinski definition) is 3. The molecule has 0 amide bonds. The number of likely N-dealkylation sites (tertiary alicyclic amines) is 1. The van der Waals surface area contributed by atoms with Crippen LogP contribution >= 0.6 is 0 Å². The van der Waals surface area contributed by atoms with Crippen molar-refractivity contribution in [3.05, 3.63) is 45.0 Å². The van der Waals surface area contributed by atoms with Crippen LogP contribution in [0.5, 0.6) is 0 Å². The predicted molar refractivity (Wildman–Crippen MR) is 121 cm³/mol. The molecule has 2 aromatic rings. The lowest BCUT2D eigenvalue weighted by Crippen LogP contribution is -2.65. The highest BCUT2D eigenvalue weighted by Crippen LogP contribution is 2.49. The van der Waals surface area contributed by atoms with E-state index >= 15 is 0 Å². The summed E-state index contributed by atoms with van der Waals surface area (Å²) < 4.78 is 1.76. The van der Waals surface area contributed by atoms with Gasteiger partial charge in [0.15, 0.2) is 0 Å². The van der Waals surface area contributed by atoms with E-state index in [0.717, 1.165) is 35.5 Å². The molecular weight excluding hydrogens is 374 g/mol. The van der Waals surface area contributed by atoms with Crippen LogP contribution in [0.15, 0.2) is 33.9 Å². The molecule has 1 aliphatic heterocycles. The number of nitrogens with zero attached hydrogens (tertiary/aromatic N) is 2. The van der Waals surface area contributed by atoms with Crippen LogP contribution in [0.3, 0.4) is 0 Å². The Morgan fingerprint density at radius 3 is 2.50 bits per heavy atom. The molecule has 0 bridgehead atoms. The Morgan fingerprint density at radius 1 is 0.967 bits per heavy atom. The summed E-state index contributed by atoms with van der Waals surface area (Å²) in [6, 6.07) is 9.75. The third-order valence-electron chi connectivity index (χ3n) is 8.14. The Morgan fingerprint density at radius 2 is 1.70 bits per heavy atom. The molecule has 2 heterocycles. The highest BCUT2D eigenvalue weighted by molar-refractivity contribution is 5.74. The molecule has 5 heteroatoms. The van der Waals surface area contributed by atoms with E-state index in [-0.39, 0.29) is 6.04 Å². The summed E-state index contributed by atoms with van der Waals surface area (Å²) in [6.45, 7) is 2.13. The molecule has 30 heavy (non-hydrogen) atoms. The van der Waals surface area contributed by atoms with Crippen LogP contribution in [0, 0.1) is 5.92 Å². The van der Waals surface area contributed by atoms with Gasteiger partial charge < -0.3 is 4.98 Å². The second-order valence-corrected chi connectivity index (χ2v) is 9.91. The van der Waals surface area contributed by atoms with E-state index in [0.29, 0.717) is 6.04 Å². The lowest BCUT2D eigenvalue weighted by molar-refractivity contribution is -0.0855. The SMILES string of the molecule is C[C@@H](C[C@@H]1C2CCC[C@H]2N1C1CCCCCCC1)n1c(=O)c(=O)[nH]c2ccccc21. The first-order valence-corrected chi connectivity index (χ1v) is 12.2. The van der Waals surface area contributed by atoms with Crippen molar-refractivity contribution in [2.75, 3.05) is 0 Å². The van der Waals surface area contributed by atoms with Gasteiger partial charge in [-0.1, -0.05) is 50.7 Å². The quantitative estimate of drug-likeness (QED) is 0.751. The smallest absolute Gasteiger partial charge is 0.316 e. The number of para-hydroxylation sites is 2. The highest BCUT2D eigenvalue weighted by Gasteiger charge is 2.52. The molecule has 1 aromatic carbocycles. The second kappa shape index (κ2) is 8.33. The van der Waals surface area contributed by atoms with E-state index in [1.807, 2.05) is 24.3 Å². The van der Waals surface area contributed by atoms with Crippen molar-refractivity contribution in [3.8, 4) is 0 Å². The van der Waals surface area contributed by atoms with E-state index in [1.165, 1.54) is 64.2 Å². The second-order valence-electron chi connectivity index (χ2n) is 9.91. The van der Waals surface area contributed by atoms with Gasteiger partial charge in [0.05, 0.1) is 11.0 Å². The van der Waals surface area contributed by atoms with Crippen molar-refractivity contribution in [3.63, 3.8) is 0 Å². The average molecular weight is 410 g/mol. The van der Waals surface area contributed by atoms with Gasteiger partial charge in [-0.25, -0.2) is 0 Å². The lowest BCUT2D eigenvalue weighted by atomic mass is 9.76. The maximum absolute atomic E-state index is 12.8. The van der Waals surface area contributed by atoms with Crippen molar-refractivity contribution in [2.45, 2.75) is 102 Å². The Kier molecular flexibility index (Phi) is 5.57. The summed E-state index contributed by atoms with van der Waals surface area (Å²) in [4.78, 5) is 30.7. The zero-order chi connectivity index (χ0) is 20.7. The molecule has 1 aromatic heterocycles. The number of rotatable bonds is 4. The first-order chi connectivity index (χ1) is 14.6. The molecule has 2 saturated carbocycles. The van der Waals surface area contributed by atoms with Crippen LogP contribution in [0.1, 0.15) is 83.6 Å². The maximum Gasteiger partial charge on any atom is 0.316 e. The molecule has 0 radical (unpaired) electrons. The van der Waals surface area contributed by atoms with Gasteiger partial charge in [-0.05, 0) is 57.1 Å². The van der Waals surface area contributed by atoms with Crippen LogP contribution in [0.4, 0.5) is 0 Å². The number of nitrogens with one attached hydrogen (secondary N) is 1. The van der Waals surface area contributed by atoms with Crippen LogP contribution in [-0.2, 0) is 0 Å². The fourth-order valence-corrected chi connectivity index (χ4v) is 6.80. The Hall–Kier alpha value is -1.88. The first-order valence-electron chi connectivity index (χ1n) is 12.2. The van der Waals surface area contributed by atoms with Crippen molar-refractivity contribution < 1.29 is 0 Å². The topological polar surface area (TPSA) is 58.1 Å². The zero-order valence-corrected chi connectivity index (χ0v) is 18.2. The van der Waals surface area contributed by atoms with E-state index in [2.05, 4.69) is 16.8 Å². The van der Waals surface area contributed by atoms with Crippen LogP contribution < -0.4 is 11.1 Å². The van der Waals surface area contributed by atoms with E-state index in [9.17, 15) is 9.59 Å². The van der Waals surface area contributed by atoms with Gasteiger partial charge in [-0.3, -0.25) is 19.1 Å². The van der Waals surface area contributed by atoms with Crippen molar-refractivity contribution in [2.24, 2.45) is 5.92 Å². The minimum Gasteiger partial charge on any atom is -0.316 e. The van der Waals surface area contributed by atoms with Gasteiger partial charge in [0, 0.05) is 24.2 Å². The molecule has 5 nitrogen and oxygen atoms in total. The highest BCUT2D eigenvalue weighted by atomic mass is 16.2. The standard InChI is InChI=1S/C25H35N3O2/c1-17(27-22-14-8-7-13-20(22)26-24(29)25(27)30)16-23-19-12-9-15-21(19)28(23)18-10-5-3-2-4-6-11-18/h7-8,13-14,17-19,21,23H,2-6,9-12,15-16H2,1H3,(H,26,29)/t17-,19?,21+,23+/m0/s1. The number of fused-ring (bicyclic) bond motifs is 2. The Labute approximate surface area is 178 Å². The third kappa shape index (κ3) is 3.45. The zero-order valence-electron chi connectivity index (χ0n) is 18.2. The molecule has 1 saturated heterocycles. The molecule has 162 valence electrons. The van der Waals surface area contributed by atoms with E-state index in [1.54, 1.807) is 4.57 Å². The molecule has 4 atom stereocenters. The van der Waals surface area contributed by atoms with Crippen LogP contribution in [-0.4, -0.2) is 32.6 Å². The van der Waals surface area contributed by atoms with Gasteiger partial charge in [0.25, 0.3) is 0 Å². The van der Waals surface area contributed by atoms with Gasteiger partial charge in [0.2, 0.25) is 0 Å². The summed E-state index contributed by atoms with van der Waals surface area (Å²) in [5, 5.41) is 0. The van der Waals surface area contributed by atoms with Gasteiger partial charge >= 0.3 is 11.1 Å². The molecule has 0 spiro atoms. The maximum atomic E-state index is 12.8. The monoisotopic (exact) mass is 409 g/mol. The van der Waals surface area contributed by atoms with E-state index in [4.69, 9.17) is 0 Å². The van der Waals surface area contributed by atoms with Crippen LogP contribution in [0.25, 0.3) is 11.0 Å². The minimum absolute atomic E-state index is 0.0207. The normalized spacial score (nSPS) is 29.2. The fourth-order valence-electron chi connectivity index (χ4n) is 6.80. The number of benzene rings is 1. The first kappa shape index (κ1) is 20.0. The summed E-state index contributed by atoms with van der Waals surface area (Å²) in [6.07, 6.45) is 14.5. The van der Waals surface area contributed by atoms with Gasteiger partial charge in [-0.2, -0.15) is 0 Å². The Balaban J connectivity index is 1.43. The van der Waals surface area contributed by atoms with Crippen molar-refractivity contribution in [1.29, 1.82) is 0 Å². The molecule has 2 aliphatic carbocycles. The van der Waals surface area contributed by atoms with Crippen molar-refractivity contribution in [1.82, 2.24) is 14.5 Å². The van der Waals surface area contributed by atoms with Crippen molar-refractivity contribution >= 4 is 11.0 Å².